The molecule has 0 saturated heterocycles. The summed E-state index contributed by atoms with van der Waals surface area (Å²) in [6.45, 7) is 0. The molecule has 0 atom stereocenters. The van der Waals surface area contributed by atoms with Gasteiger partial charge in [-0.15, -0.1) is 0 Å². The highest BCUT2D eigenvalue weighted by atomic mass is 16.3. The summed E-state index contributed by atoms with van der Waals surface area (Å²) >= 11 is 0. The summed E-state index contributed by atoms with van der Waals surface area (Å²) < 4.78 is 26.2. The van der Waals surface area contributed by atoms with Crippen LogP contribution in [0.15, 0.2) is 181 Å². The molecule has 0 aliphatic heterocycles. The van der Waals surface area contributed by atoms with E-state index in [-0.39, 0.29) is 0 Å². The molecular weight excluding hydrogens is 655 g/mol. The Labute approximate surface area is 301 Å². The molecule has 0 bridgehead atoms. The Morgan fingerprint density at radius 3 is 1.45 bits per heavy atom. The maximum atomic E-state index is 6.79. The van der Waals surface area contributed by atoms with E-state index in [1.54, 1.807) is 0 Å². The van der Waals surface area contributed by atoms with Gasteiger partial charge < -0.3 is 22.6 Å². The van der Waals surface area contributed by atoms with Crippen LogP contribution in [0.2, 0.25) is 0 Å². The van der Waals surface area contributed by atoms with Crippen molar-refractivity contribution in [1.29, 1.82) is 0 Å². The summed E-state index contributed by atoms with van der Waals surface area (Å²) in [6.07, 6.45) is 0. The average molecular weight is 682 g/mol. The Balaban J connectivity index is 1.06. The average Bonchev–Trinajstić information content (AvgIpc) is 3.98. The minimum Gasteiger partial charge on any atom is -0.456 e. The third kappa shape index (κ3) is 4.02. The first-order chi connectivity index (χ1) is 26.3. The quantitative estimate of drug-likeness (QED) is 0.185. The van der Waals surface area contributed by atoms with Gasteiger partial charge in [0.05, 0.1) is 16.8 Å². The lowest BCUT2D eigenvalue weighted by molar-refractivity contribution is 0.663. The number of anilines is 3. The number of nitrogens with zero attached hydrogens (tertiary/aromatic N) is 1. The lowest BCUT2D eigenvalue weighted by Gasteiger charge is -2.25. The zero-order valence-corrected chi connectivity index (χ0v) is 28.2. The van der Waals surface area contributed by atoms with Crippen LogP contribution in [0.5, 0.6) is 0 Å². The van der Waals surface area contributed by atoms with Gasteiger partial charge in [-0.25, -0.2) is 0 Å². The number of furan rings is 4. The van der Waals surface area contributed by atoms with Crippen molar-refractivity contribution >= 4 is 105 Å². The molecule has 0 N–H and O–H groups in total. The molecule has 248 valence electrons. The Morgan fingerprint density at radius 2 is 0.811 bits per heavy atom. The van der Waals surface area contributed by atoms with Crippen molar-refractivity contribution < 1.29 is 17.7 Å². The predicted octanol–water partition coefficient (Wildman–Crippen LogP) is 14.4. The fourth-order valence-corrected chi connectivity index (χ4v) is 8.31. The molecule has 0 aliphatic rings. The third-order valence-corrected chi connectivity index (χ3v) is 10.7. The van der Waals surface area contributed by atoms with Gasteiger partial charge in [0.2, 0.25) is 0 Å². The highest BCUT2D eigenvalue weighted by Gasteiger charge is 2.24. The number of para-hydroxylation sites is 6. The standard InChI is InChI=1S/C48H27NO4/c1-4-19-40-31(10-1)33-15-8-17-38(46(33)51-40)49(39-18-9-16-34-32-11-2-5-20-41(32)52-47(34)39)29-24-22-28(23-25-29)30-13-7-14-35-36-26-27-43-44(48(36)53-45(30)35)37-12-3-6-21-42(37)50-43/h1-27H. The number of benzene rings is 8. The molecule has 12 aromatic rings. The second-order valence-corrected chi connectivity index (χ2v) is 13.6. The molecule has 0 radical (unpaired) electrons. The van der Waals surface area contributed by atoms with Gasteiger partial charge in [-0.1, -0.05) is 109 Å². The summed E-state index contributed by atoms with van der Waals surface area (Å²) in [5.41, 5.74) is 11.6. The fraction of sp³-hybridized carbons (Fsp3) is 0. The first kappa shape index (κ1) is 28.5. The van der Waals surface area contributed by atoms with Crippen molar-refractivity contribution in [3.05, 3.63) is 164 Å². The summed E-state index contributed by atoms with van der Waals surface area (Å²) in [5.74, 6) is 0. The Hall–Kier alpha value is -7.24. The van der Waals surface area contributed by atoms with Crippen LogP contribution < -0.4 is 4.90 Å². The van der Waals surface area contributed by atoms with E-state index in [1.807, 2.05) is 48.5 Å². The largest absolute Gasteiger partial charge is 0.456 e. The van der Waals surface area contributed by atoms with Crippen LogP contribution in [-0.4, -0.2) is 0 Å². The van der Waals surface area contributed by atoms with Crippen LogP contribution >= 0.6 is 0 Å². The highest BCUT2D eigenvalue weighted by Crippen LogP contribution is 2.47. The van der Waals surface area contributed by atoms with E-state index in [1.165, 1.54) is 0 Å². The first-order valence-corrected chi connectivity index (χ1v) is 17.7. The molecule has 8 aromatic carbocycles. The van der Waals surface area contributed by atoms with Crippen LogP contribution in [0.1, 0.15) is 0 Å². The van der Waals surface area contributed by atoms with Crippen molar-refractivity contribution in [3.63, 3.8) is 0 Å². The van der Waals surface area contributed by atoms with Gasteiger partial charge in [0.25, 0.3) is 0 Å². The van der Waals surface area contributed by atoms with Crippen molar-refractivity contribution in [2.24, 2.45) is 0 Å². The van der Waals surface area contributed by atoms with E-state index in [4.69, 9.17) is 17.7 Å². The zero-order valence-electron chi connectivity index (χ0n) is 28.2. The van der Waals surface area contributed by atoms with Crippen LogP contribution in [0.3, 0.4) is 0 Å². The van der Waals surface area contributed by atoms with Gasteiger partial charge in [0.1, 0.15) is 33.5 Å². The van der Waals surface area contributed by atoms with E-state index in [9.17, 15) is 0 Å². The lowest BCUT2D eigenvalue weighted by Crippen LogP contribution is -2.10. The van der Waals surface area contributed by atoms with Crippen molar-refractivity contribution in [1.82, 2.24) is 0 Å². The maximum absolute atomic E-state index is 6.79. The molecule has 0 aliphatic carbocycles. The monoisotopic (exact) mass is 681 g/mol. The number of rotatable bonds is 4. The number of hydrogen-bond acceptors (Lipinski definition) is 5. The van der Waals surface area contributed by atoms with Gasteiger partial charge in [-0.2, -0.15) is 0 Å². The van der Waals surface area contributed by atoms with Crippen LogP contribution in [0.4, 0.5) is 17.1 Å². The van der Waals surface area contributed by atoms with Crippen LogP contribution in [0, 0.1) is 0 Å². The van der Waals surface area contributed by atoms with Crippen molar-refractivity contribution in [2.75, 3.05) is 4.90 Å². The summed E-state index contributed by atoms with van der Waals surface area (Å²) in [4.78, 5) is 2.25. The van der Waals surface area contributed by atoms with Crippen molar-refractivity contribution in [3.8, 4) is 11.1 Å². The molecule has 4 heterocycles. The van der Waals surface area contributed by atoms with E-state index in [0.717, 1.165) is 116 Å². The van der Waals surface area contributed by atoms with Crippen molar-refractivity contribution in [2.45, 2.75) is 0 Å². The molecule has 5 heteroatoms. The van der Waals surface area contributed by atoms with Gasteiger partial charge in [-0.3, -0.25) is 0 Å². The van der Waals surface area contributed by atoms with Gasteiger partial charge in [-0.05, 0) is 60.2 Å². The molecule has 0 amide bonds. The van der Waals surface area contributed by atoms with E-state index in [0.29, 0.717) is 0 Å². The van der Waals surface area contributed by atoms with E-state index >= 15 is 0 Å². The van der Waals surface area contributed by atoms with Gasteiger partial charge in [0, 0.05) is 49.0 Å². The molecule has 0 unspecified atom stereocenters. The minimum absolute atomic E-state index is 0.816. The summed E-state index contributed by atoms with van der Waals surface area (Å²) in [7, 11) is 0. The number of fused-ring (bicyclic) bond motifs is 13. The molecule has 0 saturated carbocycles. The SMILES string of the molecule is c1ccc2c(c1)oc1c(N(c3ccc(-c4cccc5c4oc4c5ccc5oc6ccccc6c54)cc3)c3cccc4c3oc3ccccc34)cccc12. The first-order valence-electron chi connectivity index (χ1n) is 17.7. The maximum Gasteiger partial charge on any atom is 0.159 e. The summed E-state index contributed by atoms with van der Waals surface area (Å²) in [6, 6.07) is 56.4. The smallest absolute Gasteiger partial charge is 0.159 e. The third-order valence-electron chi connectivity index (χ3n) is 10.7. The Bertz CT molecular complexity index is 3300. The second kappa shape index (κ2) is 10.6. The lowest BCUT2D eigenvalue weighted by atomic mass is 10.0. The zero-order chi connectivity index (χ0) is 34.6. The normalized spacial score (nSPS) is 12.2. The molecule has 12 rings (SSSR count). The molecule has 0 spiro atoms. The summed E-state index contributed by atoms with van der Waals surface area (Å²) in [5, 5.41) is 8.50. The molecular formula is C48H27NO4. The molecule has 53 heavy (non-hydrogen) atoms. The van der Waals surface area contributed by atoms with Gasteiger partial charge in [0.15, 0.2) is 11.2 Å². The van der Waals surface area contributed by atoms with E-state index < -0.39 is 0 Å². The molecule has 0 fully saturated rings. The molecule has 4 aromatic heterocycles. The Morgan fingerprint density at radius 1 is 0.302 bits per heavy atom. The van der Waals surface area contributed by atoms with Crippen LogP contribution in [0.25, 0.3) is 98.9 Å². The predicted molar refractivity (Wildman–Crippen MR) is 216 cm³/mol. The number of hydrogen-bond donors (Lipinski definition) is 0. The topological polar surface area (TPSA) is 55.8 Å². The second-order valence-electron chi connectivity index (χ2n) is 13.6. The van der Waals surface area contributed by atoms with Gasteiger partial charge >= 0.3 is 0 Å². The fourth-order valence-electron chi connectivity index (χ4n) is 8.31. The minimum atomic E-state index is 0.816. The van der Waals surface area contributed by atoms with Crippen LogP contribution in [-0.2, 0) is 0 Å². The highest BCUT2D eigenvalue weighted by molar-refractivity contribution is 6.23. The van der Waals surface area contributed by atoms with E-state index in [2.05, 4.69) is 120 Å². The Kier molecular flexibility index (Phi) is 5.71. The molecule has 5 nitrogen and oxygen atoms in total.